The van der Waals surface area contributed by atoms with Gasteiger partial charge in [-0.05, 0) is 66.7 Å². The van der Waals surface area contributed by atoms with Crippen molar-refractivity contribution < 1.29 is 36.6 Å². The molecule has 3 rings (SSSR count). The molecule has 0 atom stereocenters. The molecule has 0 spiro atoms. The molecule has 0 aromatic heterocycles. The number of esters is 1. The molecule has 10 heteroatoms. The Hall–Kier alpha value is -3.92. The molecule has 8 nitrogen and oxygen atoms in total. The Labute approximate surface area is 190 Å². The number of carbonyl (C=O) groups excluding carboxylic acids is 2. The van der Waals surface area contributed by atoms with Gasteiger partial charge in [-0.15, -0.1) is 0 Å². The highest BCUT2D eigenvalue weighted by Crippen LogP contribution is 2.22. The van der Waals surface area contributed by atoms with E-state index in [0.29, 0.717) is 17.1 Å². The first kappa shape index (κ1) is 23.7. The van der Waals surface area contributed by atoms with Crippen molar-refractivity contribution in [2.24, 2.45) is 0 Å². The number of ketones is 1. The topological polar surface area (TPSA) is 108 Å². The number of nitrogens with one attached hydrogen (secondary N) is 1. The average molecular weight is 473 g/mol. The maximum absolute atomic E-state index is 14.3. The number of Topliss-reactive ketones (excluding diaryl/α,β-unsaturated/α-hetero) is 1. The van der Waals surface area contributed by atoms with E-state index in [2.05, 4.69) is 4.72 Å². The summed E-state index contributed by atoms with van der Waals surface area (Å²) in [5, 5.41) is 0. The molecule has 0 bridgehead atoms. The van der Waals surface area contributed by atoms with Crippen LogP contribution in [0.5, 0.6) is 11.5 Å². The second kappa shape index (κ2) is 10.1. The van der Waals surface area contributed by atoms with Gasteiger partial charge in [-0.1, -0.05) is 0 Å². The molecule has 33 heavy (non-hydrogen) atoms. The number of methoxy groups -OCH3 is 2. The van der Waals surface area contributed by atoms with Crippen LogP contribution >= 0.6 is 0 Å². The van der Waals surface area contributed by atoms with Crippen LogP contribution in [0.15, 0.2) is 71.6 Å². The van der Waals surface area contributed by atoms with E-state index in [-0.39, 0.29) is 11.3 Å². The van der Waals surface area contributed by atoms with Crippen LogP contribution in [0.4, 0.5) is 10.1 Å². The maximum atomic E-state index is 14.3. The number of carbonyl (C=O) groups is 2. The third-order valence-corrected chi connectivity index (χ3v) is 5.94. The molecule has 0 fully saturated rings. The minimum Gasteiger partial charge on any atom is -0.497 e. The molecule has 0 saturated heterocycles. The highest BCUT2D eigenvalue weighted by molar-refractivity contribution is 7.92. The normalized spacial score (nSPS) is 10.9. The molecular formula is C23H20FNO7S. The zero-order valence-corrected chi connectivity index (χ0v) is 18.5. The second-order valence-electron chi connectivity index (χ2n) is 6.71. The lowest BCUT2D eigenvalue weighted by atomic mass is 10.1. The highest BCUT2D eigenvalue weighted by atomic mass is 32.2. The summed E-state index contributed by atoms with van der Waals surface area (Å²) in [6.07, 6.45) is 0. The van der Waals surface area contributed by atoms with E-state index in [4.69, 9.17) is 14.2 Å². The van der Waals surface area contributed by atoms with Gasteiger partial charge in [0.2, 0.25) is 0 Å². The summed E-state index contributed by atoms with van der Waals surface area (Å²) in [5.74, 6) is -1.42. The Morgan fingerprint density at radius 2 is 1.39 bits per heavy atom. The number of benzene rings is 3. The van der Waals surface area contributed by atoms with Crippen LogP contribution in [0.1, 0.15) is 20.7 Å². The second-order valence-corrected chi connectivity index (χ2v) is 8.36. The molecule has 0 radical (unpaired) electrons. The van der Waals surface area contributed by atoms with E-state index in [1.165, 1.54) is 50.6 Å². The van der Waals surface area contributed by atoms with Crippen LogP contribution in [-0.2, 0) is 14.8 Å². The average Bonchev–Trinajstić information content (AvgIpc) is 2.82. The summed E-state index contributed by atoms with van der Waals surface area (Å²) < 4.78 is 56.8. The van der Waals surface area contributed by atoms with Crippen LogP contribution in [0.3, 0.4) is 0 Å². The third-order valence-electron chi connectivity index (χ3n) is 4.55. The number of hydrogen-bond acceptors (Lipinski definition) is 7. The van der Waals surface area contributed by atoms with Crippen molar-refractivity contribution in [3.63, 3.8) is 0 Å². The van der Waals surface area contributed by atoms with Crippen molar-refractivity contribution in [3.8, 4) is 11.5 Å². The zero-order valence-electron chi connectivity index (χ0n) is 17.7. The van der Waals surface area contributed by atoms with Gasteiger partial charge >= 0.3 is 5.97 Å². The van der Waals surface area contributed by atoms with Gasteiger partial charge < -0.3 is 14.2 Å². The first-order valence-corrected chi connectivity index (χ1v) is 11.0. The van der Waals surface area contributed by atoms with Gasteiger partial charge in [0, 0.05) is 11.3 Å². The van der Waals surface area contributed by atoms with Gasteiger partial charge in [-0.3, -0.25) is 9.52 Å². The van der Waals surface area contributed by atoms with Crippen molar-refractivity contribution in [2.75, 3.05) is 25.5 Å². The number of anilines is 1. The van der Waals surface area contributed by atoms with E-state index >= 15 is 0 Å². The summed E-state index contributed by atoms with van der Waals surface area (Å²) in [5.41, 5.74) is 0.247. The zero-order chi connectivity index (χ0) is 24.0. The van der Waals surface area contributed by atoms with Crippen LogP contribution < -0.4 is 14.2 Å². The fourth-order valence-electron chi connectivity index (χ4n) is 2.78. The highest BCUT2D eigenvalue weighted by Gasteiger charge is 2.22. The lowest BCUT2D eigenvalue weighted by molar-refractivity contribution is 0.0474. The van der Waals surface area contributed by atoms with Crippen LogP contribution in [0.25, 0.3) is 0 Å². The number of hydrogen-bond donors (Lipinski definition) is 1. The fourth-order valence-corrected chi connectivity index (χ4v) is 3.94. The lowest BCUT2D eigenvalue weighted by Crippen LogP contribution is -2.17. The Morgan fingerprint density at radius 1 is 0.848 bits per heavy atom. The molecule has 0 aliphatic carbocycles. The smallest absolute Gasteiger partial charge is 0.338 e. The number of halogens is 1. The van der Waals surface area contributed by atoms with E-state index in [1.807, 2.05) is 0 Å². The van der Waals surface area contributed by atoms with Crippen molar-refractivity contribution in [1.29, 1.82) is 0 Å². The first-order chi connectivity index (χ1) is 15.7. The first-order valence-electron chi connectivity index (χ1n) is 9.54. The predicted molar refractivity (Wildman–Crippen MR) is 118 cm³/mol. The van der Waals surface area contributed by atoms with Crippen molar-refractivity contribution in [2.45, 2.75) is 4.90 Å². The van der Waals surface area contributed by atoms with Crippen LogP contribution in [-0.4, -0.2) is 41.0 Å². The summed E-state index contributed by atoms with van der Waals surface area (Å²) in [6.45, 7) is -0.575. The summed E-state index contributed by atoms with van der Waals surface area (Å²) in [4.78, 5) is 23.8. The van der Waals surface area contributed by atoms with E-state index in [1.54, 1.807) is 12.1 Å². The number of ether oxygens (including phenoxy) is 3. The molecule has 0 saturated carbocycles. The standard InChI is InChI=1S/C23H20FNO7S/c1-30-18-8-3-15(4-9-18)21(26)14-32-23(27)16-5-12-20(24)22(13-16)33(28,29)25-17-6-10-19(31-2)11-7-17/h3-13,25H,14H2,1-2H3. The maximum Gasteiger partial charge on any atom is 0.338 e. The molecule has 0 aliphatic rings. The molecule has 0 aliphatic heterocycles. The van der Waals surface area contributed by atoms with Crippen molar-refractivity contribution in [3.05, 3.63) is 83.7 Å². The fraction of sp³-hybridized carbons (Fsp3) is 0.130. The Morgan fingerprint density at radius 3 is 1.97 bits per heavy atom. The van der Waals surface area contributed by atoms with Crippen molar-refractivity contribution >= 4 is 27.5 Å². The molecule has 1 N–H and O–H groups in total. The van der Waals surface area contributed by atoms with Crippen molar-refractivity contribution in [1.82, 2.24) is 0 Å². The van der Waals surface area contributed by atoms with E-state index in [0.717, 1.165) is 18.2 Å². The minimum atomic E-state index is -4.35. The molecule has 0 heterocycles. The molecule has 0 unspecified atom stereocenters. The lowest BCUT2D eigenvalue weighted by Gasteiger charge is -2.11. The summed E-state index contributed by atoms with van der Waals surface area (Å²) in [7, 11) is -1.40. The third kappa shape index (κ3) is 5.86. The monoisotopic (exact) mass is 473 g/mol. The van der Waals surface area contributed by atoms with E-state index in [9.17, 15) is 22.4 Å². The Kier molecular flexibility index (Phi) is 7.29. The summed E-state index contributed by atoms with van der Waals surface area (Å²) in [6, 6.07) is 14.9. The molecule has 172 valence electrons. The number of sulfonamides is 1. The molecule has 3 aromatic rings. The minimum absolute atomic E-state index is 0.174. The molecular weight excluding hydrogens is 453 g/mol. The molecule has 3 aromatic carbocycles. The van der Waals surface area contributed by atoms with Gasteiger partial charge in [0.05, 0.1) is 19.8 Å². The predicted octanol–water partition coefficient (Wildman–Crippen LogP) is 3.68. The van der Waals surface area contributed by atoms with E-state index < -0.39 is 39.1 Å². The molecule has 0 amide bonds. The Bertz CT molecular complexity index is 1260. The van der Waals surface area contributed by atoms with Gasteiger partial charge in [-0.25, -0.2) is 17.6 Å². The van der Waals surface area contributed by atoms with Crippen LogP contribution in [0, 0.1) is 5.82 Å². The number of rotatable bonds is 9. The van der Waals surface area contributed by atoms with Gasteiger partial charge in [0.15, 0.2) is 12.4 Å². The van der Waals surface area contributed by atoms with Gasteiger partial charge in [0.25, 0.3) is 10.0 Å². The SMILES string of the molecule is COc1ccc(NS(=O)(=O)c2cc(C(=O)OCC(=O)c3ccc(OC)cc3)ccc2F)cc1. The van der Waals surface area contributed by atoms with Crippen LogP contribution in [0.2, 0.25) is 0 Å². The van der Waals surface area contributed by atoms with Gasteiger partial charge in [-0.2, -0.15) is 0 Å². The summed E-state index contributed by atoms with van der Waals surface area (Å²) >= 11 is 0. The van der Waals surface area contributed by atoms with Gasteiger partial charge in [0.1, 0.15) is 22.2 Å². The quantitative estimate of drug-likeness (QED) is 0.373. The largest absolute Gasteiger partial charge is 0.497 e. The Balaban J connectivity index is 1.72.